The first-order valence-corrected chi connectivity index (χ1v) is 11.4. The third kappa shape index (κ3) is 6.08. The molecule has 8 nitrogen and oxygen atoms in total. The lowest BCUT2D eigenvalue weighted by molar-refractivity contribution is -0.114. The summed E-state index contributed by atoms with van der Waals surface area (Å²) in [6.07, 6.45) is 1.03. The highest BCUT2D eigenvalue weighted by Crippen LogP contribution is 2.25. The molecule has 0 heterocycles. The van der Waals surface area contributed by atoms with Crippen molar-refractivity contribution in [1.29, 1.82) is 0 Å². The molecule has 166 valence electrons. The second-order valence-electron chi connectivity index (χ2n) is 6.80. The standard InChI is InChI=1S/C23H22N2O6S/c1-30-23(27)17-8-10-18(11-9-17)24-22(26)16-25(32(2,28)29)19-12-14-21(15-13-19)31-20-6-4-3-5-7-20/h3-15H,16H2,1-2H3,(H,24,26). The topological polar surface area (TPSA) is 102 Å². The van der Waals surface area contributed by atoms with Crippen molar-refractivity contribution in [2.45, 2.75) is 0 Å². The Balaban J connectivity index is 1.70. The second kappa shape index (κ2) is 9.97. The molecule has 3 aromatic carbocycles. The monoisotopic (exact) mass is 454 g/mol. The number of nitrogens with zero attached hydrogens (tertiary/aromatic N) is 1. The van der Waals surface area contributed by atoms with E-state index in [2.05, 4.69) is 10.1 Å². The molecule has 3 rings (SSSR count). The molecule has 32 heavy (non-hydrogen) atoms. The molecule has 9 heteroatoms. The van der Waals surface area contributed by atoms with E-state index in [1.807, 2.05) is 18.2 Å². The first-order chi connectivity index (χ1) is 15.3. The zero-order valence-electron chi connectivity index (χ0n) is 17.5. The lowest BCUT2D eigenvalue weighted by atomic mass is 10.2. The Kier molecular flexibility index (Phi) is 7.11. The van der Waals surface area contributed by atoms with Crippen LogP contribution in [0.2, 0.25) is 0 Å². The van der Waals surface area contributed by atoms with Crippen molar-refractivity contribution in [2.24, 2.45) is 0 Å². The van der Waals surface area contributed by atoms with Gasteiger partial charge >= 0.3 is 5.97 Å². The summed E-state index contributed by atoms with van der Waals surface area (Å²) < 4.78 is 36.0. The number of sulfonamides is 1. The minimum Gasteiger partial charge on any atom is -0.465 e. The van der Waals surface area contributed by atoms with Crippen molar-refractivity contribution in [3.05, 3.63) is 84.4 Å². The quantitative estimate of drug-likeness (QED) is 0.521. The summed E-state index contributed by atoms with van der Waals surface area (Å²) in [6, 6.07) is 21.6. The van der Waals surface area contributed by atoms with Crippen LogP contribution in [-0.2, 0) is 19.6 Å². The molecule has 0 unspecified atom stereocenters. The number of esters is 1. The fraction of sp³-hybridized carbons (Fsp3) is 0.130. The fourth-order valence-electron chi connectivity index (χ4n) is 2.84. The van der Waals surface area contributed by atoms with Crippen LogP contribution in [-0.4, -0.2) is 40.2 Å². The molecule has 0 aliphatic rings. The van der Waals surface area contributed by atoms with Gasteiger partial charge in [-0.3, -0.25) is 9.10 Å². The predicted molar refractivity (Wildman–Crippen MR) is 122 cm³/mol. The van der Waals surface area contributed by atoms with Gasteiger partial charge in [-0.25, -0.2) is 13.2 Å². The van der Waals surface area contributed by atoms with Gasteiger partial charge < -0.3 is 14.8 Å². The van der Waals surface area contributed by atoms with Crippen LogP contribution in [0.15, 0.2) is 78.9 Å². The summed E-state index contributed by atoms with van der Waals surface area (Å²) in [4.78, 5) is 24.0. The molecule has 0 fully saturated rings. The van der Waals surface area contributed by atoms with E-state index in [4.69, 9.17) is 4.74 Å². The van der Waals surface area contributed by atoms with Crippen LogP contribution < -0.4 is 14.4 Å². The first-order valence-electron chi connectivity index (χ1n) is 9.55. The van der Waals surface area contributed by atoms with Crippen molar-refractivity contribution < 1.29 is 27.5 Å². The maximum absolute atomic E-state index is 12.5. The van der Waals surface area contributed by atoms with Crippen LogP contribution in [0.3, 0.4) is 0 Å². The van der Waals surface area contributed by atoms with Crippen molar-refractivity contribution >= 4 is 33.3 Å². The van der Waals surface area contributed by atoms with Crippen LogP contribution in [0.4, 0.5) is 11.4 Å². The number of hydrogen-bond donors (Lipinski definition) is 1. The van der Waals surface area contributed by atoms with E-state index in [0.717, 1.165) is 10.6 Å². The number of hydrogen-bond acceptors (Lipinski definition) is 6. The largest absolute Gasteiger partial charge is 0.465 e. The zero-order valence-corrected chi connectivity index (χ0v) is 18.3. The molecule has 0 aromatic heterocycles. The molecule has 1 amide bonds. The zero-order chi connectivity index (χ0) is 23.1. The highest BCUT2D eigenvalue weighted by Gasteiger charge is 2.21. The molecule has 0 atom stereocenters. The second-order valence-corrected chi connectivity index (χ2v) is 8.70. The molecule has 0 spiro atoms. The average molecular weight is 455 g/mol. The summed E-state index contributed by atoms with van der Waals surface area (Å²) in [5.41, 5.74) is 1.08. The molecule has 3 aromatic rings. The van der Waals surface area contributed by atoms with Gasteiger partial charge in [-0.05, 0) is 60.7 Å². The highest BCUT2D eigenvalue weighted by molar-refractivity contribution is 7.92. The number of methoxy groups -OCH3 is 1. The summed E-state index contributed by atoms with van der Waals surface area (Å²) >= 11 is 0. The molecule has 0 aliphatic heterocycles. The lowest BCUT2D eigenvalue weighted by Gasteiger charge is -2.22. The van der Waals surface area contributed by atoms with Gasteiger partial charge in [-0.15, -0.1) is 0 Å². The summed E-state index contributed by atoms with van der Waals surface area (Å²) in [6.45, 7) is -0.420. The number of rotatable bonds is 8. The van der Waals surface area contributed by atoms with Crippen molar-refractivity contribution in [3.8, 4) is 11.5 Å². The Bertz CT molecular complexity index is 1180. The number of amides is 1. The molecule has 0 saturated heterocycles. The van der Waals surface area contributed by atoms with Gasteiger partial charge in [0.1, 0.15) is 18.0 Å². The molecule has 0 bridgehead atoms. The number of benzene rings is 3. The van der Waals surface area contributed by atoms with Crippen LogP contribution in [0, 0.1) is 0 Å². The predicted octanol–water partition coefficient (Wildman–Crippen LogP) is 3.67. The Morgan fingerprint density at radius 2 is 1.47 bits per heavy atom. The number of anilines is 2. The molecule has 1 N–H and O–H groups in total. The van der Waals surface area contributed by atoms with Crippen LogP contribution in [0.1, 0.15) is 10.4 Å². The normalized spacial score (nSPS) is 10.8. The van der Waals surface area contributed by atoms with Crippen molar-refractivity contribution in [2.75, 3.05) is 29.5 Å². The van der Waals surface area contributed by atoms with Gasteiger partial charge in [0, 0.05) is 5.69 Å². The smallest absolute Gasteiger partial charge is 0.337 e. The van der Waals surface area contributed by atoms with Gasteiger partial charge in [0.2, 0.25) is 15.9 Å². The average Bonchev–Trinajstić information content (AvgIpc) is 2.78. The number of carbonyl (C=O) groups is 2. The summed E-state index contributed by atoms with van der Waals surface area (Å²) in [5.74, 6) is 0.151. The van der Waals surface area contributed by atoms with E-state index >= 15 is 0 Å². The molecule has 0 aliphatic carbocycles. The third-order valence-electron chi connectivity index (χ3n) is 4.38. The number of para-hydroxylation sites is 1. The fourth-order valence-corrected chi connectivity index (χ4v) is 3.70. The van der Waals surface area contributed by atoms with Gasteiger partial charge in [0.15, 0.2) is 0 Å². The summed E-state index contributed by atoms with van der Waals surface area (Å²) in [5, 5.41) is 2.62. The van der Waals surface area contributed by atoms with Crippen LogP contribution >= 0.6 is 0 Å². The number of nitrogens with one attached hydrogen (secondary N) is 1. The Morgan fingerprint density at radius 3 is 2.03 bits per heavy atom. The molecule has 0 radical (unpaired) electrons. The summed E-state index contributed by atoms with van der Waals surface area (Å²) in [7, 11) is -2.45. The lowest BCUT2D eigenvalue weighted by Crippen LogP contribution is -2.37. The molecular formula is C23H22N2O6S. The van der Waals surface area contributed by atoms with Crippen molar-refractivity contribution in [3.63, 3.8) is 0 Å². The van der Waals surface area contributed by atoms with Gasteiger partial charge in [-0.2, -0.15) is 0 Å². The van der Waals surface area contributed by atoms with E-state index in [-0.39, 0.29) is 0 Å². The van der Waals surface area contributed by atoms with E-state index in [1.165, 1.54) is 31.4 Å². The Labute approximate surface area is 186 Å². The van der Waals surface area contributed by atoms with Crippen molar-refractivity contribution in [1.82, 2.24) is 0 Å². The van der Waals surface area contributed by atoms with E-state index in [1.54, 1.807) is 36.4 Å². The van der Waals surface area contributed by atoms with Crippen LogP contribution in [0.5, 0.6) is 11.5 Å². The van der Waals surface area contributed by atoms with Crippen LogP contribution in [0.25, 0.3) is 0 Å². The Hall–Kier alpha value is -3.85. The van der Waals surface area contributed by atoms with Gasteiger partial charge in [0.05, 0.1) is 24.6 Å². The number of ether oxygens (including phenoxy) is 2. The highest BCUT2D eigenvalue weighted by atomic mass is 32.2. The van der Waals surface area contributed by atoms with Gasteiger partial charge in [-0.1, -0.05) is 18.2 Å². The number of carbonyl (C=O) groups excluding carboxylic acids is 2. The first kappa shape index (κ1) is 22.8. The third-order valence-corrected chi connectivity index (χ3v) is 5.52. The minimum atomic E-state index is -3.73. The van der Waals surface area contributed by atoms with E-state index in [0.29, 0.717) is 28.4 Å². The SMILES string of the molecule is COC(=O)c1ccc(NC(=O)CN(c2ccc(Oc3ccccc3)cc2)S(C)(=O)=O)cc1. The maximum atomic E-state index is 12.5. The van der Waals surface area contributed by atoms with Gasteiger partial charge in [0.25, 0.3) is 0 Å². The molecule has 0 saturated carbocycles. The van der Waals surface area contributed by atoms with E-state index < -0.39 is 28.4 Å². The maximum Gasteiger partial charge on any atom is 0.337 e. The molecular weight excluding hydrogens is 432 g/mol. The Morgan fingerprint density at radius 1 is 0.875 bits per heavy atom. The van der Waals surface area contributed by atoms with E-state index in [9.17, 15) is 18.0 Å². The minimum absolute atomic E-state index is 0.323.